The van der Waals surface area contributed by atoms with Crippen LogP contribution in [0.1, 0.15) is 50.7 Å². The van der Waals surface area contributed by atoms with Crippen LogP contribution >= 0.6 is 0 Å². The molecule has 0 aliphatic carbocycles. The number of aryl methyl sites for hydroxylation is 4. The van der Waals surface area contributed by atoms with Gasteiger partial charge in [-0.3, -0.25) is 0 Å². The van der Waals surface area contributed by atoms with Crippen molar-refractivity contribution >= 4 is 12.0 Å². The molecule has 0 spiro atoms. The molecular formula is C24H32N8. The van der Waals surface area contributed by atoms with Crippen molar-refractivity contribution in [3.63, 3.8) is 0 Å². The first kappa shape index (κ1) is 30.2. The monoisotopic (exact) mass is 432 g/mol. The number of rotatable bonds is 6. The summed E-state index contributed by atoms with van der Waals surface area (Å²) in [7, 11) is 0. The van der Waals surface area contributed by atoms with Gasteiger partial charge in [-0.1, -0.05) is 26.7 Å². The predicted molar refractivity (Wildman–Crippen MR) is 125 cm³/mol. The first-order chi connectivity index (χ1) is 15.5. The molecule has 2 aromatic heterocycles. The highest BCUT2D eigenvalue weighted by molar-refractivity contribution is 5.46. The lowest BCUT2D eigenvalue weighted by Crippen LogP contribution is -2.32. The lowest BCUT2D eigenvalue weighted by molar-refractivity contribution is -0.697. The highest BCUT2D eigenvalue weighted by atomic mass is 14.9. The van der Waals surface area contributed by atoms with Crippen molar-refractivity contribution in [1.82, 2.24) is 0 Å². The third-order valence-electron chi connectivity index (χ3n) is 3.86. The number of nitrogens with zero attached hydrogens (tertiary/aromatic N) is 8. The maximum atomic E-state index is 7.43. The van der Waals surface area contributed by atoms with Crippen LogP contribution in [0.5, 0.6) is 0 Å². The van der Waals surface area contributed by atoms with Gasteiger partial charge in [0, 0.05) is 37.1 Å². The van der Waals surface area contributed by atoms with Crippen molar-refractivity contribution in [2.24, 2.45) is 9.98 Å². The average Bonchev–Trinajstić information content (AvgIpc) is 2.81. The number of hydrogen-bond acceptors (Lipinski definition) is 4. The van der Waals surface area contributed by atoms with E-state index in [0.717, 1.165) is 13.1 Å². The van der Waals surface area contributed by atoms with E-state index in [1.54, 1.807) is 0 Å². The number of pyridine rings is 2. The summed E-state index contributed by atoms with van der Waals surface area (Å²) in [5.41, 5.74) is 2.66. The Morgan fingerprint density at radius 3 is 1.22 bits per heavy atom. The van der Waals surface area contributed by atoms with Crippen molar-refractivity contribution in [1.29, 1.82) is 10.5 Å². The molecule has 0 aliphatic rings. The second kappa shape index (κ2) is 23.3. The second-order valence-electron chi connectivity index (χ2n) is 6.56. The minimum atomic E-state index is 1.15. The molecule has 0 atom stereocenters. The van der Waals surface area contributed by atoms with Crippen LogP contribution in [-0.2, 0) is 13.1 Å². The molecule has 0 amide bonds. The highest BCUT2D eigenvalue weighted by Gasteiger charge is 1.96. The van der Waals surface area contributed by atoms with Gasteiger partial charge in [-0.15, -0.1) is 12.0 Å². The van der Waals surface area contributed by atoms with Crippen LogP contribution in [0.25, 0.3) is 10.8 Å². The fourth-order valence-corrected chi connectivity index (χ4v) is 2.09. The molecule has 8 nitrogen and oxygen atoms in total. The van der Waals surface area contributed by atoms with Gasteiger partial charge >= 0.3 is 0 Å². The van der Waals surface area contributed by atoms with E-state index in [0.29, 0.717) is 0 Å². The molecule has 0 aliphatic heterocycles. The van der Waals surface area contributed by atoms with Gasteiger partial charge in [-0.2, -0.15) is 10.5 Å². The Labute approximate surface area is 191 Å². The molecule has 0 aromatic carbocycles. The number of aliphatic imine (C=N–C) groups is 2. The first-order valence-corrected chi connectivity index (χ1v) is 10.4. The van der Waals surface area contributed by atoms with E-state index in [1.807, 2.05) is 0 Å². The SMILES string of the molecule is CCCC[n+]1ccc(C)cc1.CCCC[n+]1ccc(C)cc1.N#CN=C=[N-].N#CN=C=[N-]. The molecule has 0 fully saturated rings. The summed E-state index contributed by atoms with van der Waals surface area (Å²) >= 11 is 0. The van der Waals surface area contributed by atoms with Crippen LogP contribution in [0.2, 0.25) is 0 Å². The zero-order valence-electron chi connectivity index (χ0n) is 19.4. The summed E-state index contributed by atoms with van der Waals surface area (Å²) < 4.78 is 4.47. The first-order valence-electron chi connectivity index (χ1n) is 10.4. The molecule has 0 saturated carbocycles. The molecule has 0 unspecified atom stereocenters. The van der Waals surface area contributed by atoms with Gasteiger partial charge in [0.25, 0.3) is 0 Å². The van der Waals surface area contributed by atoms with E-state index < -0.39 is 0 Å². The van der Waals surface area contributed by atoms with Gasteiger partial charge in [-0.05, 0) is 25.0 Å². The summed E-state index contributed by atoms with van der Waals surface area (Å²) in [5.74, 6) is 0. The Morgan fingerprint density at radius 1 is 0.719 bits per heavy atom. The molecule has 2 heterocycles. The number of unbranched alkanes of at least 4 members (excludes halogenated alkanes) is 2. The quantitative estimate of drug-likeness (QED) is 0.376. The number of nitriles is 2. The van der Waals surface area contributed by atoms with E-state index in [9.17, 15) is 0 Å². The molecule has 0 radical (unpaired) electrons. The molecule has 2 rings (SSSR count). The van der Waals surface area contributed by atoms with Gasteiger partial charge in [0.2, 0.25) is 0 Å². The van der Waals surface area contributed by atoms with Gasteiger partial charge in [0.05, 0.1) is 12.4 Å². The second-order valence-corrected chi connectivity index (χ2v) is 6.56. The van der Waals surface area contributed by atoms with Crippen LogP contribution in [0.4, 0.5) is 0 Å². The lowest BCUT2D eigenvalue weighted by Gasteiger charge is -1.94. The van der Waals surface area contributed by atoms with Crippen LogP contribution in [-0.4, -0.2) is 12.0 Å². The zero-order valence-corrected chi connectivity index (χ0v) is 19.4. The standard InChI is InChI=1S/2C10H16N.2C2N3/c2*1-3-4-7-11-8-5-10(2)6-9-11;2*3-1-5-2-4/h2*5-6,8-9H,3-4,7H2,1-2H3;;/q2*+1;2*-1. The van der Waals surface area contributed by atoms with Crippen molar-refractivity contribution in [3.05, 3.63) is 71.0 Å². The summed E-state index contributed by atoms with van der Waals surface area (Å²) in [5, 5.41) is 29.7. The molecule has 2 aromatic rings. The summed E-state index contributed by atoms with van der Waals surface area (Å²) in [4.78, 5) is 5.17. The maximum absolute atomic E-state index is 7.43. The minimum Gasteiger partial charge on any atom is -0.422 e. The molecular weight excluding hydrogens is 400 g/mol. The van der Waals surface area contributed by atoms with Crippen molar-refractivity contribution < 1.29 is 9.13 Å². The highest BCUT2D eigenvalue weighted by Crippen LogP contribution is 1.92. The Balaban J connectivity index is 0. The largest absolute Gasteiger partial charge is 0.422 e. The van der Waals surface area contributed by atoms with Crippen LogP contribution in [0.15, 0.2) is 59.0 Å². The van der Waals surface area contributed by atoms with Gasteiger partial charge in [0.15, 0.2) is 24.8 Å². The third kappa shape index (κ3) is 20.8. The average molecular weight is 433 g/mol. The van der Waals surface area contributed by atoms with Crippen LogP contribution in [0.3, 0.4) is 0 Å². The molecule has 8 heteroatoms. The van der Waals surface area contributed by atoms with E-state index >= 15 is 0 Å². The van der Waals surface area contributed by atoms with Crippen molar-refractivity contribution in [2.45, 2.75) is 66.5 Å². The molecule has 32 heavy (non-hydrogen) atoms. The topological polar surface area (TPSA) is 125 Å². The number of hydrogen-bond donors (Lipinski definition) is 0. The van der Waals surface area contributed by atoms with Crippen molar-refractivity contribution in [3.8, 4) is 12.4 Å². The van der Waals surface area contributed by atoms with E-state index in [4.69, 9.17) is 21.3 Å². The minimum absolute atomic E-state index is 1.15. The summed E-state index contributed by atoms with van der Waals surface area (Å²) in [6.45, 7) is 11.0. The number of aromatic nitrogens is 2. The van der Waals surface area contributed by atoms with Gasteiger partial charge in [-0.25, -0.2) is 9.13 Å². The molecule has 0 saturated heterocycles. The molecule has 0 bridgehead atoms. The fourth-order valence-electron chi connectivity index (χ4n) is 2.09. The van der Waals surface area contributed by atoms with Crippen LogP contribution < -0.4 is 9.13 Å². The Bertz CT molecular complexity index is 816. The molecule has 168 valence electrons. The normalized spacial score (nSPS) is 8.06. The van der Waals surface area contributed by atoms with E-state index in [-0.39, 0.29) is 0 Å². The van der Waals surface area contributed by atoms with Gasteiger partial charge in [0.1, 0.15) is 13.1 Å². The van der Waals surface area contributed by atoms with E-state index in [2.05, 4.69) is 95.9 Å². The maximum Gasteiger partial charge on any atom is 0.169 e. The van der Waals surface area contributed by atoms with Crippen LogP contribution in [0, 0.1) is 36.8 Å². The van der Waals surface area contributed by atoms with Crippen molar-refractivity contribution in [2.75, 3.05) is 0 Å². The third-order valence-corrected chi connectivity index (χ3v) is 3.86. The Hall–Kier alpha value is -3.96. The smallest absolute Gasteiger partial charge is 0.169 e. The predicted octanol–water partition coefficient (Wildman–Crippen LogP) is 4.59. The Kier molecular flexibility index (Phi) is 22.0. The van der Waals surface area contributed by atoms with Gasteiger partial charge < -0.3 is 20.8 Å². The Morgan fingerprint density at radius 2 is 1.03 bits per heavy atom. The zero-order chi connectivity index (χ0) is 24.5. The molecule has 0 N–H and O–H groups in total. The fraction of sp³-hybridized carbons (Fsp3) is 0.417. The lowest BCUT2D eigenvalue weighted by atomic mass is 10.3. The summed E-state index contributed by atoms with van der Waals surface area (Å²) in [6.07, 6.45) is 16.2. The van der Waals surface area contributed by atoms with E-state index in [1.165, 1.54) is 61.2 Å². The summed E-state index contributed by atoms with van der Waals surface area (Å²) in [6, 6.07) is 11.2.